The molecule has 0 fully saturated rings. The van der Waals surface area contributed by atoms with Crippen LogP contribution in [0.15, 0.2) is 18.2 Å². The Morgan fingerprint density at radius 3 is 2.47 bits per heavy atom. The Balaban J connectivity index is 2.73. The molecule has 1 rings (SSSR count). The molecule has 0 radical (unpaired) electrons. The van der Waals surface area contributed by atoms with Gasteiger partial charge in [0.1, 0.15) is 18.4 Å². The van der Waals surface area contributed by atoms with E-state index in [-0.39, 0.29) is 11.3 Å². The second-order valence-corrected chi connectivity index (χ2v) is 2.78. The standard InChI is InChI=1S/C9H6F4N2/c10-8-3-7(2-1-6(8)4-14)15-5-9(11,12)13/h1-3,15H,5H2. The smallest absolute Gasteiger partial charge is 0.376 e. The van der Waals surface area contributed by atoms with Gasteiger partial charge >= 0.3 is 6.18 Å². The van der Waals surface area contributed by atoms with E-state index in [9.17, 15) is 17.6 Å². The highest BCUT2D eigenvalue weighted by Crippen LogP contribution is 2.18. The second-order valence-electron chi connectivity index (χ2n) is 2.78. The van der Waals surface area contributed by atoms with Crippen LogP contribution in [-0.4, -0.2) is 12.7 Å². The molecule has 0 aliphatic heterocycles. The van der Waals surface area contributed by atoms with E-state index in [1.54, 1.807) is 6.07 Å². The van der Waals surface area contributed by atoms with Crippen LogP contribution in [0.3, 0.4) is 0 Å². The third-order valence-electron chi connectivity index (χ3n) is 1.58. The maximum Gasteiger partial charge on any atom is 0.405 e. The van der Waals surface area contributed by atoms with Crippen molar-refractivity contribution >= 4 is 5.69 Å². The highest BCUT2D eigenvalue weighted by molar-refractivity contribution is 5.48. The monoisotopic (exact) mass is 218 g/mol. The van der Waals surface area contributed by atoms with Gasteiger partial charge in [0.05, 0.1) is 5.56 Å². The van der Waals surface area contributed by atoms with Crippen LogP contribution >= 0.6 is 0 Å². The average molecular weight is 218 g/mol. The van der Waals surface area contributed by atoms with Crippen molar-refractivity contribution in [2.75, 3.05) is 11.9 Å². The van der Waals surface area contributed by atoms with Crippen LogP contribution in [-0.2, 0) is 0 Å². The molecule has 6 heteroatoms. The molecule has 0 aliphatic rings. The molecule has 0 bridgehead atoms. The van der Waals surface area contributed by atoms with Gasteiger partial charge in [0.25, 0.3) is 0 Å². The van der Waals surface area contributed by atoms with E-state index < -0.39 is 18.5 Å². The summed E-state index contributed by atoms with van der Waals surface area (Å²) < 4.78 is 48.3. The van der Waals surface area contributed by atoms with Crippen molar-refractivity contribution in [3.05, 3.63) is 29.6 Å². The number of nitriles is 1. The lowest BCUT2D eigenvalue weighted by atomic mass is 10.2. The number of hydrogen-bond donors (Lipinski definition) is 1. The van der Waals surface area contributed by atoms with Crippen molar-refractivity contribution in [1.29, 1.82) is 5.26 Å². The van der Waals surface area contributed by atoms with Gasteiger partial charge in [-0.2, -0.15) is 18.4 Å². The Bertz CT molecular complexity index is 392. The molecule has 0 aromatic heterocycles. The zero-order valence-corrected chi connectivity index (χ0v) is 7.40. The molecule has 1 N–H and O–H groups in total. The van der Waals surface area contributed by atoms with Crippen LogP contribution in [0.25, 0.3) is 0 Å². The second kappa shape index (κ2) is 4.17. The summed E-state index contributed by atoms with van der Waals surface area (Å²) in [6.07, 6.45) is -4.36. The fraction of sp³-hybridized carbons (Fsp3) is 0.222. The van der Waals surface area contributed by atoms with Gasteiger partial charge in [0.2, 0.25) is 0 Å². The SMILES string of the molecule is N#Cc1ccc(NCC(F)(F)F)cc1F. The molecule has 0 unspecified atom stereocenters. The summed E-state index contributed by atoms with van der Waals surface area (Å²) in [5.74, 6) is -0.843. The van der Waals surface area contributed by atoms with Crippen LogP contribution in [0.4, 0.5) is 23.2 Å². The van der Waals surface area contributed by atoms with Crippen LogP contribution < -0.4 is 5.32 Å². The first-order valence-electron chi connectivity index (χ1n) is 3.92. The van der Waals surface area contributed by atoms with Gasteiger partial charge in [-0.15, -0.1) is 0 Å². The van der Waals surface area contributed by atoms with Crippen molar-refractivity contribution in [3.8, 4) is 6.07 Å². The lowest BCUT2D eigenvalue weighted by molar-refractivity contribution is -0.115. The topological polar surface area (TPSA) is 35.8 Å². The number of alkyl halides is 3. The summed E-state index contributed by atoms with van der Waals surface area (Å²) >= 11 is 0. The Morgan fingerprint density at radius 1 is 1.33 bits per heavy atom. The maximum atomic E-state index is 12.9. The molecule has 1 aromatic carbocycles. The van der Waals surface area contributed by atoms with E-state index in [1.165, 1.54) is 6.07 Å². The van der Waals surface area contributed by atoms with E-state index in [1.807, 2.05) is 5.32 Å². The number of nitrogens with zero attached hydrogens (tertiary/aromatic N) is 1. The zero-order chi connectivity index (χ0) is 11.5. The lowest BCUT2D eigenvalue weighted by Gasteiger charge is -2.09. The quantitative estimate of drug-likeness (QED) is 0.774. The third kappa shape index (κ3) is 3.46. The van der Waals surface area contributed by atoms with Crippen molar-refractivity contribution in [1.82, 2.24) is 0 Å². The Hall–Kier alpha value is -1.77. The molecule has 0 atom stereocenters. The van der Waals surface area contributed by atoms with Crippen molar-refractivity contribution in [2.24, 2.45) is 0 Å². The van der Waals surface area contributed by atoms with Gasteiger partial charge in [-0.1, -0.05) is 0 Å². The highest BCUT2D eigenvalue weighted by Gasteiger charge is 2.26. The molecule has 0 amide bonds. The van der Waals surface area contributed by atoms with Gasteiger partial charge in [-0.05, 0) is 18.2 Å². The number of rotatable bonds is 2. The van der Waals surface area contributed by atoms with E-state index >= 15 is 0 Å². The van der Waals surface area contributed by atoms with Crippen molar-refractivity contribution < 1.29 is 17.6 Å². The molecule has 1 aromatic rings. The van der Waals surface area contributed by atoms with Gasteiger partial charge in [-0.3, -0.25) is 0 Å². The Labute approximate surface area is 83.1 Å². The fourth-order valence-electron chi connectivity index (χ4n) is 0.918. The maximum absolute atomic E-state index is 12.9. The minimum absolute atomic E-state index is 0.0103. The molecular weight excluding hydrogens is 212 g/mol. The summed E-state index contributed by atoms with van der Waals surface area (Å²) in [6, 6.07) is 4.76. The third-order valence-corrected chi connectivity index (χ3v) is 1.58. The molecule has 0 saturated heterocycles. The Morgan fingerprint density at radius 2 is 2.00 bits per heavy atom. The number of halogens is 4. The largest absolute Gasteiger partial charge is 0.405 e. The van der Waals surface area contributed by atoms with Crippen LogP contribution in [0, 0.1) is 17.1 Å². The van der Waals surface area contributed by atoms with Crippen LogP contribution in [0.5, 0.6) is 0 Å². The predicted molar refractivity (Wildman–Crippen MR) is 45.7 cm³/mol. The summed E-state index contributed by atoms with van der Waals surface area (Å²) in [7, 11) is 0. The Kier molecular flexibility index (Phi) is 3.14. The van der Waals surface area contributed by atoms with Crippen molar-refractivity contribution in [2.45, 2.75) is 6.18 Å². The van der Waals surface area contributed by atoms with E-state index in [0.29, 0.717) is 0 Å². The van der Waals surface area contributed by atoms with Crippen molar-refractivity contribution in [3.63, 3.8) is 0 Å². The van der Waals surface area contributed by atoms with E-state index in [2.05, 4.69) is 0 Å². The fourth-order valence-corrected chi connectivity index (χ4v) is 0.918. The molecule has 15 heavy (non-hydrogen) atoms. The molecule has 0 heterocycles. The first-order chi connectivity index (χ1) is 6.92. The summed E-state index contributed by atoms with van der Waals surface area (Å²) in [4.78, 5) is 0. The average Bonchev–Trinajstić information content (AvgIpc) is 2.14. The molecule has 0 spiro atoms. The molecule has 2 nitrogen and oxygen atoms in total. The molecular formula is C9H6F4N2. The number of nitrogens with one attached hydrogen (secondary N) is 1. The lowest BCUT2D eigenvalue weighted by Crippen LogP contribution is -2.21. The molecule has 0 saturated carbocycles. The molecule has 80 valence electrons. The van der Waals surface area contributed by atoms with E-state index in [4.69, 9.17) is 5.26 Å². The first-order valence-corrected chi connectivity index (χ1v) is 3.92. The molecule has 0 aliphatic carbocycles. The summed E-state index contributed by atoms with van der Waals surface area (Å²) in [5, 5.41) is 10.4. The number of anilines is 1. The first kappa shape index (κ1) is 11.3. The van der Waals surface area contributed by atoms with Crippen LogP contribution in [0.1, 0.15) is 5.56 Å². The minimum atomic E-state index is -4.36. The number of hydrogen-bond acceptors (Lipinski definition) is 2. The predicted octanol–water partition coefficient (Wildman–Crippen LogP) is 2.67. The van der Waals surface area contributed by atoms with Gasteiger partial charge in [0.15, 0.2) is 0 Å². The normalized spacial score (nSPS) is 10.9. The zero-order valence-electron chi connectivity index (χ0n) is 7.40. The van der Waals surface area contributed by atoms with E-state index in [0.717, 1.165) is 12.1 Å². The number of benzene rings is 1. The highest BCUT2D eigenvalue weighted by atomic mass is 19.4. The van der Waals surface area contributed by atoms with Crippen LogP contribution in [0.2, 0.25) is 0 Å². The minimum Gasteiger partial charge on any atom is -0.376 e. The summed E-state index contributed by atoms with van der Waals surface area (Å²) in [5.41, 5.74) is -0.212. The van der Waals surface area contributed by atoms with Gasteiger partial charge < -0.3 is 5.32 Å². The van der Waals surface area contributed by atoms with Gasteiger partial charge in [-0.25, -0.2) is 4.39 Å². The summed E-state index contributed by atoms with van der Waals surface area (Å²) in [6.45, 7) is -1.24. The van der Waals surface area contributed by atoms with Gasteiger partial charge in [0, 0.05) is 5.69 Å².